The lowest BCUT2D eigenvalue weighted by Gasteiger charge is -2.11. The number of aryl methyl sites for hydroxylation is 1. The van der Waals surface area contributed by atoms with E-state index in [2.05, 4.69) is 30.0 Å². The summed E-state index contributed by atoms with van der Waals surface area (Å²) in [4.78, 5) is 14.1. The van der Waals surface area contributed by atoms with Gasteiger partial charge in [0.15, 0.2) is 11.5 Å². The van der Waals surface area contributed by atoms with Crippen molar-refractivity contribution in [3.05, 3.63) is 54.1 Å². The molecule has 0 fully saturated rings. The Bertz CT molecular complexity index is 1350. The molecule has 5 aromatic rings. The van der Waals surface area contributed by atoms with E-state index in [-0.39, 0.29) is 0 Å². The molecule has 31 heavy (non-hydrogen) atoms. The van der Waals surface area contributed by atoms with Crippen LogP contribution in [0.5, 0.6) is 5.88 Å². The third-order valence-corrected chi connectivity index (χ3v) is 5.03. The van der Waals surface area contributed by atoms with Crippen molar-refractivity contribution in [1.82, 2.24) is 39.7 Å². The Balaban J connectivity index is 1.53. The lowest BCUT2D eigenvalue weighted by molar-refractivity contribution is 0.287. The van der Waals surface area contributed by atoms with E-state index in [9.17, 15) is 0 Å². The molecule has 0 unspecified atom stereocenters. The maximum atomic E-state index is 6.17. The first-order chi connectivity index (χ1) is 15.1. The standard InChI is InChI=1S/C21H22N8O2/c1-13-24-18(11-30-13)20-26-25-19-14-6-4-5-7-15(14)21(27-29(19)20)31-10-17-16(22-12-23-17)8-9-28(2)3/h4-7,11-12H,8-10H2,1-3H3,(H,22,23). The number of imidazole rings is 1. The Morgan fingerprint density at radius 3 is 2.77 bits per heavy atom. The van der Waals surface area contributed by atoms with Crippen molar-refractivity contribution in [2.75, 3.05) is 20.6 Å². The highest BCUT2D eigenvalue weighted by Crippen LogP contribution is 2.29. The zero-order chi connectivity index (χ0) is 21.4. The van der Waals surface area contributed by atoms with Gasteiger partial charge in [0.1, 0.15) is 18.6 Å². The molecule has 10 nitrogen and oxygen atoms in total. The Morgan fingerprint density at radius 1 is 1.16 bits per heavy atom. The average Bonchev–Trinajstić information content (AvgIpc) is 3.49. The number of aromatic nitrogens is 7. The highest BCUT2D eigenvalue weighted by molar-refractivity contribution is 5.96. The fourth-order valence-corrected chi connectivity index (χ4v) is 3.44. The second kappa shape index (κ2) is 7.80. The van der Waals surface area contributed by atoms with E-state index >= 15 is 0 Å². The molecule has 0 amide bonds. The average molecular weight is 418 g/mol. The molecule has 0 spiro atoms. The van der Waals surface area contributed by atoms with Gasteiger partial charge in [-0.1, -0.05) is 18.2 Å². The molecule has 4 aromatic heterocycles. The van der Waals surface area contributed by atoms with Crippen LogP contribution in [0.4, 0.5) is 0 Å². The lowest BCUT2D eigenvalue weighted by atomic mass is 10.2. The van der Waals surface area contributed by atoms with Crippen LogP contribution in [-0.4, -0.2) is 60.3 Å². The van der Waals surface area contributed by atoms with Gasteiger partial charge in [0, 0.05) is 30.7 Å². The van der Waals surface area contributed by atoms with Crippen LogP contribution in [0.1, 0.15) is 17.3 Å². The van der Waals surface area contributed by atoms with E-state index in [0.29, 0.717) is 35.5 Å². The third kappa shape index (κ3) is 3.61. The number of nitrogens with zero attached hydrogens (tertiary/aromatic N) is 7. The minimum absolute atomic E-state index is 0.325. The predicted octanol–water partition coefficient (Wildman–Crippen LogP) is 2.65. The molecule has 1 aromatic carbocycles. The first-order valence-electron chi connectivity index (χ1n) is 9.95. The zero-order valence-electron chi connectivity index (χ0n) is 17.5. The van der Waals surface area contributed by atoms with Crippen molar-refractivity contribution >= 4 is 16.4 Å². The number of oxazole rings is 1. The van der Waals surface area contributed by atoms with Crippen LogP contribution in [0.25, 0.3) is 27.9 Å². The molecule has 0 aliphatic heterocycles. The summed E-state index contributed by atoms with van der Waals surface area (Å²) in [5.41, 5.74) is 3.12. The number of nitrogens with one attached hydrogen (secondary N) is 1. The SMILES string of the molecule is Cc1nc(-c2nnc3c4ccccc4c(OCc4[nH]cnc4CCN(C)C)nn23)co1. The molecule has 0 aliphatic rings. The molecule has 158 valence electrons. The summed E-state index contributed by atoms with van der Waals surface area (Å²) in [6.07, 6.45) is 4.08. The van der Waals surface area contributed by atoms with Gasteiger partial charge in [-0.2, -0.15) is 4.52 Å². The second-order valence-electron chi connectivity index (χ2n) is 7.53. The molecule has 0 aliphatic carbocycles. The number of rotatable bonds is 7. The van der Waals surface area contributed by atoms with Gasteiger partial charge in [0.05, 0.1) is 17.7 Å². The molecule has 0 saturated carbocycles. The molecule has 10 heteroatoms. The predicted molar refractivity (Wildman–Crippen MR) is 114 cm³/mol. The van der Waals surface area contributed by atoms with Crippen molar-refractivity contribution in [1.29, 1.82) is 0 Å². The maximum absolute atomic E-state index is 6.17. The summed E-state index contributed by atoms with van der Waals surface area (Å²) in [6, 6.07) is 7.84. The van der Waals surface area contributed by atoms with E-state index in [0.717, 1.165) is 35.1 Å². The van der Waals surface area contributed by atoms with E-state index in [1.807, 2.05) is 38.4 Å². The van der Waals surface area contributed by atoms with Gasteiger partial charge in [-0.3, -0.25) is 0 Å². The molecule has 0 bridgehead atoms. The summed E-state index contributed by atoms with van der Waals surface area (Å²) in [7, 11) is 4.09. The van der Waals surface area contributed by atoms with E-state index in [4.69, 9.17) is 14.3 Å². The fraction of sp³-hybridized carbons (Fsp3) is 0.286. The number of aromatic amines is 1. The normalized spacial score (nSPS) is 11.7. The Kier molecular flexibility index (Phi) is 4.83. The van der Waals surface area contributed by atoms with Crippen LogP contribution in [0.15, 0.2) is 41.3 Å². The molecule has 4 heterocycles. The molecular weight excluding hydrogens is 396 g/mol. The monoisotopic (exact) mass is 418 g/mol. The minimum Gasteiger partial charge on any atom is -0.470 e. The van der Waals surface area contributed by atoms with Crippen molar-refractivity contribution < 1.29 is 9.15 Å². The quantitative estimate of drug-likeness (QED) is 0.429. The summed E-state index contributed by atoms with van der Waals surface area (Å²) in [5, 5.41) is 15.1. The van der Waals surface area contributed by atoms with Crippen molar-refractivity contribution in [3.63, 3.8) is 0 Å². The number of hydrogen-bond donors (Lipinski definition) is 1. The summed E-state index contributed by atoms with van der Waals surface area (Å²) < 4.78 is 13.2. The van der Waals surface area contributed by atoms with Crippen LogP contribution in [0.3, 0.4) is 0 Å². The Hall–Kier alpha value is -3.79. The highest BCUT2D eigenvalue weighted by Gasteiger charge is 2.18. The van der Waals surface area contributed by atoms with Crippen molar-refractivity contribution in [2.45, 2.75) is 20.0 Å². The topological polar surface area (TPSA) is 110 Å². The summed E-state index contributed by atoms with van der Waals surface area (Å²) >= 11 is 0. The van der Waals surface area contributed by atoms with E-state index in [1.165, 1.54) is 0 Å². The summed E-state index contributed by atoms with van der Waals surface area (Å²) in [6.45, 7) is 3.01. The zero-order valence-corrected chi connectivity index (χ0v) is 17.5. The molecule has 1 N–H and O–H groups in total. The van der Waals surface area contributed by atoms with E-state index < -0.39 is 0 Å². The third-order valence-electron chi connectivity index (χ3n) is 5.03. The molecular formula is C21H22N8O2. The largest absolute Gasteiger partial charge is 0.470 e. The van der Waals surface area contributed by atoms with E-state index in [1.54, 1.807) is 24.0 Å². The van der Waals surface area contributed by atoms with Gasteiger partial charge in [-0.25, -0.2) is 9.97 Å². The first-order valence-corrected chi connectivity index (χ1v) is 9.95. The molecule has 0 atom stereocenters. The van der Waals surface area contributed by atoms with Crippen molar-refractivity contribution in [2.24, 2.45) is 0 Å². The van der Waals surface area contributed by atoms with Gasteiger partial charge >= 0.3 is 0 Å². The Labute approximate surface area is 177 Å². The van der Waals surface area contributed by atoms with Crippen LogP contribution < -0.4 is 4.74 Å². The van der Waals surface area contributed by atoms with Crippen LogP contribution in [0, 0.1) is 6.92 Å². The van der Waals surface area contributed by atoms with Crippen molar-refractivity contribution in [3.8, 4) is 17.4 Å². The molecule has 0 saturated heterocycles. The maximum Gasteiger partial charge on any atom is 0.240 e. The van der Waals surface area contributed by atoms with Crippen LogP contribution in [-0.2, 0) is 13.0 Å². The fourth-order valence-electron chi connectivity index (χ4n) is 3.44. The molecule has 5 rings (SSSR count). The number of hydrogen-bond acceptors (Lipinski definition) is 8. The number of benzene rings is 1. The van der Waals surface area contributed by atoms with Crippen LogP contribution in [0.2, 0.25) is 0 Å². The van der Waals surface area contributed by atoms with Gasteiger partial charge < -0.3 is 19.0 Å². The van der Waals surface area contributed by atoms with Crippen LogP contribution >= 0.6 is 0 Å². The minimum atomic E-state index is 0.325. The second-order valence-corrected chi connectivity index (χ2v) is 7.53. The van der Waals surface area contributed by atoms with Gasteiger partial charge in [-0.05, 0) is 20.2 Å². The van der Waals surface area contributed by atoms with Gasteiger partial charge in [0.2, 0.25) is 11.7 Å². The first kappa shape index (κ1) is 19.2. The lowest BCUT2D eigenvalue weighted by Crippen LogP contribution is -2.16. The van der Waals surface area contributed by atoms with Gasteiger partial charge in [0.25, 0.3) is 0 Å². The number of fused-ring (bicyclic) bond motifs is 3. The number of H-pyrrole nitrogens is 1. The molecule has 0 radical (unpaired) electrons. The number of ether oxygens (including phenoxy) is 1. The smallest absolute Gasteiger partial charge is 0.240 e. The highest BCUT2D eigenvalue weighted by atomic mass is 16.5. The number of likely N-dealkylation sites (N-methyl/N-ethyl adjacent to an activating group) is 1. The Morgan fingerprint density at radius 2 is 2.00 bits per heavy atom. The summed E-state index contributed by atoms with van der Waals surface area (Å²) in [5.74, 6) is 1.53. The van der Waals surface area contributed by atoms with Gasteiger partial charge in [-0.15, -0.1) is 15.3 Å².